The highest BCUT2D eigenvalue weighted by atomic mass is 16.5. The molecular weight excluding hydrogens is 224 g/mol. The van der Waals surface area contributed by atoms with Gasteiger partial charge in [-0.15, -0.1) is 0 Å². The molecule has 0 aromatic heterocycles. The fourth-order valence-electron chi connectivity index (χ4n) is 3.64. The molecule has 1 aliphatic carbocycles. The summed E-state index contributed by atoms with van der Waals surface area (Å²) in [6, 6.07) is 5.92. The topological polar surface area (TPSA) is 26.3 Å². The number of hydrogen-bond acceptors (Lipinski definition) is 2. The van der Waals surface area contributed by atoms with Gasteiger partial charge in [-0.05, 0) is 29.5 Å². The van der Waals surface area contributed by atoms with Crippen molar-refractivity contribution in [3.63, 3.8) is 0 Å². The zero-order valence-electron chi connectivity index (χ0n) is 11.7. The minimum Gasteiger partial charge on any atom is -0.458 e. The number of hydrogen-bond donors (Lipinski definition) is 0. The van der Waals surface area contributed by atoms with Crippen molar-refractivity contribution >= 4 is 5.97 Å². The van der Waals surface area contributed by atoms with Crippen LogP contribution in [0.1, 0.15) is 55.1 Å². The summed E-state index contributed by atoms with van der Waals surface area (Å²) in [4.78, 5) is 12.1. The third-order valence-corrected chi connectivity index (χ3v) is 5.54. The maximum Gasteiger partial charge on any atom is 0.338 e. The van der Waals surface area contributed by atoms with Crippen molar-refractivity contribution in [3.8, 4) is 0 Å². The van der Waals surface area contributed by atoms with Gasteiger partial charge in [0.15, 0.2) is 0 Å². The summed E-state index contributed by atoms with van der Waals surface area (Å²) in [6.45, 7) is 11.1. The maximum atomic E-state index is 12.1. The van der Waals surface area contributed by atoms with Gasteiger partial charge in [0.1, 0.15) is 6.10 Å². The molecule has 1 aromatic carbocycles. The molecule has 0 unspecified atom stereocenters. The first kappa shape index (κ1) is 11.8. The molecule has 2 aliphatic rings. The number of carbonyl (C=O) groups is 1. The van der Waals surface area contributed by atoms with Gasteiger partial charge in [0.25, 0.3) is 0 Å². The molecule has 18 heavy (non-hydrogen) atoms. The summed E-state index contributed by atoms with van der Waals surface area (Å²) in [6.07, 6.45) is 0.0219. The van der Waals surface area contributed by atoms with E-state index in [0.717, 1.165) is 5.56 Å². The van der Waals surface area contributed by atoms with Crippen LogP contribution in [0.15, 0.2) is 18.2 Å². The van der Waals surface area contributed by atoms with Crippen LogP contribution in [0.25, 0.3) is 0 Å². The average Bonchev–Trinajstić information content (AvgIpc) is 2.29. The summed E-state index contributed by atoms with van der Waals surface area (Å²) in [5.74, 6) is 0.180. The quantitative estimate of drug-likeness (QED) is 0.651. The molecule has 2 nitrogen and oxygen atoms in total. The van der Waals surface area contributed by atoms with Gasteiger partial charge in [0, 0.05) is 11.3 Å². The van der Waals surface area contributed by atoms with Gasteiger partial charge >= 0.3 is 5.97 Å². The molecule has 0 bridgehead atoms. The Bertz CT molecular complexity index is 540. The van der Waals surface area contributed by atoms with E-state index >= 15 is 0 Å². The Morgan fingerprint density at radius 2 is 1.78 bits per heavy atom. The first-order chi connectivity index (χ1) is 8.28. The number of esters is 1. The summed E-state index contributed by atoms with van der Waals surface area (Å²) in [5, 5.41) is 0. The second kappa shape index (κ2) is 3.17. The van der Waals surface area contributed by atoms with Crippen LogP contribution < -0.4 is 0 Å². The predicted molar refractivity (Wildman–Crippen MR) is 70.7 cm³/mol. The Morgan fingerprint density at radius 1 is 1.11 bits per heavy atom. The van der Waals surface area contributed by atoms with Crippen molar-refractivity contribution in [2.45, 2.75) is 46.6 Å². The van der Waals surface area contributed by atoms with Crippen molar-refractivity contribution < 1.29 is 9.53 Å². The lowest BCUT2D eigenvalue weighted by molar-refractivity contribution is -0.184. The number of aryl methyl sites for hydroxylation is 1. The molecule has 1 heterocycles. The fraction of sp³-hybridized carbons (Fsp3) is 0.562. The van der Waals surface area contributed by atoms with Gasteiger partial charge in [-0.1, -0.05) is 39.8 Å². The van der Waals surface area contributed by atoms with Crippen molar-refractivity contribution in [3.05, 3.63) is 34.9 Å². The number of fused-ring (bicyclic) bond motifs is 3. The van der Waals surface area contributed by atoms with Crippen molar-refractivity contribution in [1.29, 1.82) is 0 Å². The van der Waals surface area contributed by atoms with Crippen LogP contribution in [-0.4, -0.2) is 12.1 Å². The summed E-state index contributed by atoms with van der Waals surface area (Å²) >= 11 is 0. The normalized spacial score (nSPS) is 30.8. The lowest BCUT2D eigenvalue weighted by atomic mass is 9.42. The molecule has 2 heteroatoms. The molecule has 2 atom stereocenters. The smallest absolute Gasteiger partial charge is 0.338 e. The predicted octanol–water partition coefficient (Wildman–Crippen LogP) is 3.68. The molecule has 0 radical (unpaired) electrons. The highest BCUT2D eigenvalue weighted by molar-refractivity contribution is 5.93. The highest BCUT2D eigenvalue weighted by Gasteiger charge is 2.66. The molecule has 1 saturated carbocycles. The fourth-order valence-corrected chi connectivity index (χ4v) is 3.64. The first-order valence-corrected chi connectivity index (χ1v) is 6.59. The molecule has 0 saturated heterocycles. The molecule has 0 N–H and O–H groups in total. The number of benzene rings is 1. The zero-order valence-corrected chi connectivity index (χ0v) is 11.7. The van der Waals surface area contributed by atoms with Gasteiger partial charge < -0.3 is 4.74 Å². The van der Waals surface area contributed by atoms with Crippen LogP contribution in [-0.2, 0) is 4.74 Å². The molecule has 1 fully saturated rings. The highest BCUT2D eigenvalue weighted by Crippen LogP contribution is 2.67. The summed E-state index contributed by atoms with van der Waals surface area (Å²) < 4.78 is 5.68. The van der Waals surface area contributed by atoms with Crippen molar-refractivity contribution in [2.75, 3.05) is 0 Å². The van der Waals surface area contributed by atoms with Crippen molar-refractivity contribution in [1.82, 2.24) is 0 Å². The van der Waals surface area contributed by atoms with E-state index in [-0.39, 0.29) is 22.9 Å². The monoisotopic (exact) mass is 244 g/mol. The van der Waals surface area contributed by atoms with E-state index in [9.17, 15) is 4.79 Å². The minimum atomic E-state index is -0.154. The van der Waals surface area contributed by atoms with Crippen LogP contribution in [0.5, 0.6) is 0 Å². The Morgan fingerprint density at radius 3 is 2.44 bits per heavy atom. The van der Waals surface area contributed by atoms with E-state index in [2.05, 4.69) is 40.7 Å². The lowest BCUT2D eigenvalue weighted by Crippen LogP contribution is -2.65. The third-order valence-electron chi connectivity index (χ3n) is 5.54. The van der Waals surface area contributed by atoms with Gasteiger partial charge in [-0.2, -0.15) is 0 Å². The number of rotatable bonds is 0. The standard InChI is InChI=1S/C16H20O2/c1-9-7-6-8-10-11(9)12-13(18-14(10)17)16(4,5)15(12,2)3/h6-8,12-13H,1-5H3/t12-,13-/m0/s1. The number of ether oxygens (including phenoxy) is 1. The summed E-state index contributed by atoms with van der Waals surface area (Å²) in [5.41, 5.74) is 3.37. The van der Waals surface area contributed by atoms with Gasteiger partial charge in [0.2, 0.25) is 0 Å². The van der Waals surface area contributed by atoms with Crippen LogP contribution >= 0.6 is 0 Å². The largest absolute Gasteiger partial charge is 0.458 e. The van der Waals surface area contributed by atoms with Crippen LogP contribution in [0.4, 0.5) is 0 Å². The first-order valence-electron chi connectivity index (χ1n) is 6.59. The number of carbonyl (C=O) groups excluding carboxylic acids is 1. The van der Waals surface area contributed by atoms with Crippen molar-refractivity contribution in [2.24, 2.45) is 10.8 Å². The second-order valence-electron chi connectivity index (χ2n) is 6.78. The van der Waals surface area contributed by atoms with Crippen LogP contribution in [0.2, 0.25) is 0 Å². The van der Waals surface area contributed by atoms with E-state index in [4.69, 9.17) is 4.74 Å². The van der Waals surface area contributed by atoms with E-state index in [1.807, 2.05) is 12.1 Å². The van der Waals surface area contributed by atoms with E-state index < -0.39 is 0 Å². The lowest BCUT2D eigenvalue weighted by Gasteiger charge is -2.65. The molecule has 1 aliphatic heterocycles. The molecule has 96 valence electrons. The van der Waals surface area contributed by atoms with E-state index in [1.54, 1.807) is 0 Å². The molecule has 3 rings (SSSR count). The SMILES string of the molecule is Cc1cccc2c1[C@H]1[C@H](OC2=O)C(C)(C)C1(C)C. The van der Waals surface area contributed by atoms with Gasteiger partial charge in [-0.3, -0.25) is 0 Å². The molecule has 0 spiro atoms. The third kappa shape index (κ3) is 1.12. The minimum absolute atomic E-state index is 0.0219. The van der Waals surface area contributed by atoms with Gasteiger partial charge in [-0.25, -0.2) is 4.79 Å². The van der Waals surface area contributed by atoms with E-state index in [1.165, 1.54) is 11.1 Å². The average molecular weight is 244 g/mol. The Labute approximate surface area is 108 Å². The Balaban J connectivity index is 2.21. The maximum absolute atomic E-state index is 12.1. The Kier molecular flexibility index (Phi) is 2.07. The molecular formula is C16H20O2. The zero-order chi connectivity index (χ0) is 13.3. The second-order valence-corrected chi connectivity index (χ2v) is 6.78. The van der Waals surface area contributed by atoms with Crippen LogP contribution in [0.3, 0.4) is 0 Å². The molecule has 0 amide bonds. The van der Waals surface area contributed by atoms with Gasteiger partial charge in [0.05, 0.1) is 5.56 Å². The van der Waals surface area contributed by atoms with Crippen LogP contribution in [0, 0.1) is 17.8 Å². The van der Waals surface area contributed by atoms with E-state index in [0.29, 0.717) is 5.92 Å². The Hall–Kier alpha value is -1.31. The summed E-state index contributed by atoms with van der Waals surface area (Å²) in [7, 11) is 0. The molecule has 1 aromatic rings.